The molecule has 0 aromatic carbocycles. The molecule has 1 N–H and O–H groups in total. The van der Waals surface area contributed by atoms with Crippen molar-refractivity contribution in [1.82, 2.24) is 20.1 Å². The molecule has 3 amide bonds. The van der Waals surface area contributed by atoms with Crippen molar-refractivity contribution >= 4 is 23.3 Å². The van der Waals surface area contributed by atoms with E-state index >= 15 is 0 Å². The summed E-state index contributed by atoms with van der Waals surface area (Å²) in [5.74, 6) is 0.233. The van der Waals surface area contributed by atoms with Crippen LogP contribution in [-0.2, 0) is 4.79 Å². The van der Waals surface area contributed by atoms with Crippen LogP contribution in [0.15, 0.2) is 0 Å². The van der Waals surface area contributed by atoms with Gasteiger partial charge in [0.25, 0.3) is 0 Å². The molecule has 1 aromatic rings. The number of urea groups is 1. The largest absolute Gasteiger partial charge is 0.343 e. The zero-order valence-electron chi connectivity index (χ0n) is 14.4. The lowest BCUT2D eigenvalue weighted by Crippen LogP contribution is -2.40. The van der Waals surface area contributed by atoms with Crippen LogP contribution in [0, 0.1) is 13.8 Å². The number of hydrogen-bond acceptors (Lipinski definition) is 4. The molecule has 23 heavy (non-hydrogen) atoms. The number of aryl methyl sites for hydroxylation is 2. The Morgan fingerprint density at radius 3 is 2.78 bits per heavy atom. The summed E-state index contributed by atoms with van der Waals surface area (Å²) in [6, 6.07) is -0.157. The number of aromatic nitrogens is 1. The van der Waals surface area contributed by atoms with E-state index < -0.39 is 0 Å². The number of hydrogen-bond donors (Lipinski definition) is 1. The van der Waals surface area contributed by atoms with Gasteiger partial charge in [-0.1, -0.05) is 0 Å². The Balaban J connectivity index is 1.76. The standard InChI is InChI=1S/C16H26N4O2S/c1-11(15-12(2)23-13(3)18-15)19(4)16(22)17-8-6-10-20-9-5-7-14(20)21/h11H,5-10H2,1-4H3,(H,17,22)/t11-/m0/s1. The normalized spacial score (nSPS) is 15.8. The molecule has 0 radical (unpaired) electrons. The van der Waals surface area contributed by atoms with Crippen LogP contribution in [0.2, 0.25) is 0 Å². The number of amides is 3. The first kappa shape index (κ1) is 17.7. The summed E-state index contributed by atoms with van der Waals surface area (Å²) in [7, 11) is 1.79. The van der Waals surface area contributed by atoms with E-state index in [0.29, 0.717) is 13.0 Å². The second-order valence-electron chi connectivity index (χ2n) is 6.03. The van der Waals surface area contributed by atoms with Crippen molar-refractivity contribution in [3.8, 4) is 0 Å². The number of likely N-dealkylation sites (tertiary alicyclic amines) is 1. The van der Waals surface area contributed by atoms with Crippen LogP contribution < -0.4 is 5.32 Å². The molecule has 2 rings (SSSR count). The van der Waals surface area contributed by atoms with E-state index in [1.165, 1.54) is 0 Å². The van der Waals surface area contributed by atoms with Crippen molar-refractivity contribution in [3.05, 3.63) is 15.6 Å². The molecule has 1 atom stereocenters. The number of carbonyl (C=O) groups excluding carboxylic acids is 2. The van der Waals surface area contributed by atoms with Crippen molar-refractivity contribution < 1.29 is 9.59 Å². The number of thiazole rings is 1. The minimum absolute atomic E-state index is 0.0555. The van der Waals surface area contributed by atoms with E-state index in [2.05, 4.69) is 10.3 Å². The fourth-order valence-electron chi connectivity index (χ4n) is 2.82. The van der Waals surface area contributed by atoms with Gasteiger partial charge in [0, 0.05) is 38.0 Å². The average Bonchev–Trinajstić information content (AvgIpc) is 3.07. The maximum absolute atomic E-state index is 12.2. The monoisotopic (exact) mass is 338 g/mol. The summed E-state index contributed by atoms with van der Waals surface area (Å²) in [5.41, 5.74) is 0.966. The second-order valence-corrected chi connectivity index (χ2v) is 7.44. The fourth-order valence-corrected chi connectivity index (χ4v) is 3.73. The molecular weight excluding hydrogens is 312 g/mol. The Bertz CT molecular complexity index is 572. The Morgan fingerprint density at radius 2 is 2.22 bits per heavy atom. The van der Waals surface area contributed by atoms with Crippen LogP contribution in [0.1, 0.15) is 47.8 Å². The molecule has 1 aliphatic rings. The van der Waals surface area contributed by atoms with Crippen molar-refractivity contribution in [2.24, 2.45) is 0 Å². The van der Waals surface area contributed by atoms with E-state index in [9.17, 15) is 9.59 Å². The summed E-state index contributed by atoms with van der Waals surface area (Å²) in [4.78, 5) is 33.0. The van der Waals surface area contributed by atoms with Gasteiger partial charge in [0.15, 0.2) is 0 Å². The summed E-state index contributed by atoms with van der Waals surface area (Å²) < 4.78 is 0. The predicted molar refractivity (Wildman–Crippen MR) is 91.6 cm³/mol. The molecule has 2 heterocycles. The van der Waals surface area contributed by atoms with Crippen LogP contribution in [0.3, 0.4) is 0 Å². The Kier molecular flexibility index (Phi) is 5.98. The van der Waals surface area contributed by atoms with Gasteiger partial charge in [0.1, 0.15) is 0 Å². The third kappa shape index (κ3) is 4.43. The predicted octanol–water partition coefficient (Wildman–Crippen LogP) is 2.47. The molecule has 0 spiro atoms. The zero-order valence-corrected chi connectivity index (χ0v) is 15.2. The Morgan fingerprint density at radius 1 is 1.48 bits per heavy atom. The fraction of sp³-hybridized carbons (Fsp3) is 0.688. The molecule has 1 saturated heterocycles. The van der Waals surface area contributed by atoms with Gasteiger partial charge in [-0.15, -0.1) is 11.3 Å². The number of nitrogens with one attached hydrogen (secondary N) is 1. The average molecular weight is 338 g/mol. The van der Waals surface area contributed by atoms with Gasteiger partial charge in [-0.2, -0.15) is 0 Å². The summed E-state index contributed by atoms with van der Waals surface area (Å²) in [5, 5.41) is 3.94. The molecule has 128 valence electrons. The lowest BCUT2D eigenvalue weighted by molar-refractivity contribution is -0.127. The molecule has 7 heteroatoms. The first-order valence-electron chi connectivity index (χ1n) is 8.12. The van der Waals surface area contributed by atoms with Crippen LogP contribution in [0.5, 0.6) is 0 Å². The molecule has 0 unspecified atom stereocenters. The quantitative estimate of drug-likeness (QED) is 0.810. The molecule has 0 saturated carbocycles. The van der Waals surface area contributed by atoms with E-state index in [1.807, 2.05) is 25.7 Å². The molecule has 1 aliphatic heterocycles. The highest BCUT2D eigenvalue weighted by Gasteiger charge is 2.22. The van der Waals surface area contributed by atoms with Crippen LogP contribution >= 0.6 is 11.3 Å². The zero-order chi connectivity index (χ0) is 17.0. The first-order chi connectivity index (χ1) is 10.9. The van der Waals surface area contributed by atoms with Crippen LogP contribution in [0.4, 0.5) is 4.79 Å². The van der Waals surface area contributed by atoms with Crippen LogP contribution in [-0.4, -0.2) is 53.4 Å². The maximum atomic E-state index is 12.2. The second kappa shape index (κ2) is 7.77. The third-order valence-corrected chi connectivity index (χ3v) is 5.19. The minimum atomic E-state index is -0.102. The molecular formula is C16H26N4O2S. The highest BCUT2D eigenvalue weighted by atomic mass is 32.1. The van der Waals surface area contributed by atoms with Gasteiger partial charge in [-0.25, -0.2) is 9.78 Å². The maximum Gasteiger partial charge on any atom is 0.317 e. The number of nitrogens with zero attached hydrogens (tertiary/aromatic N) is 3. The van der Waals surface area contributed by atoms with Gasteiger partial charge >= 0.3 is 6.03 Å². The van der Waals surface area contributed by atoms with E-state index in [0.717, 1.165) is 41.5 Å². The van der Waals surface area contributed by atoms with E-state index in [4.69, 9.17) is 0 Å². The lowest BCUT2D eigenvalue weighted by atomic mass is 10.2. The third-order valence-electron chi connectivity index (χ3n) is 4.29. The molecule has 0 bridgehead atoms. The summed E-state index contributed by atoms with van der Waals surface area (Å²) in [6.07, 6.45) is 2.41. The smallest absolute Gasteiger partial charge is 0.317 e. The summed E-state index contributed by atoms with van der Waals surface area (Å²) >= 11 is 1.66. The van der Waals surface area contributed by atoms with Gasteiger partial charge in [-0.3, -0.25) is 4.79 Å². The first-order valence-corrected chi connectivity index (χ1v) is 8.94. The molecule has 1 aromatic heterocycles. The Hall–Kier alpha value is -1.63. The SMILES string of the molecule is Cc1nc([C@H](C)N(C)C(=O)NCCCN2CCCC2=O)c(C)s1. The molecule has 0 aliphatic carbocycles. The van der Waals surface area contributed by atoms with Gasteiger partial charge in [0.05, 0.1) is 16.7 Å². The minimum Gasteiger partial charge on any atom is -0.343 e. The topological polar surface area (TPSA) is 65.5 Å². The highest BCUT2D eigenvalue weighted by Crippen LogP contribution is 2.25. The van der Waals surface area contributed by atoms with Crippen LogP contribution in [0.25, 0.3) is 0 Å². The van der Waals surface area contributed by atoms with Gasteiger partial charge < -0.3 is 15.1 Å². The van der Waals surface area contributed by atoms with Crippen molar-refractivity contribution in [3.63, 3.8) is 0 Å². The lowest BCUT2D eigenvalue weighted by Gasteiger charge is -2.25. The van der Waals surface area contributed by atoms with E-state index in [1.54, 1.807) is 23.3 Å². The molecule has 1 fully saturated rings. The van der Waals surface area contributed by atoms with Crippen molar-refractivity contribution in [2.75, 3.05) is 26.7 Å². The molecule has 6 nitrogen and oxygen atoms in total. The Labute approximate surface area is 141 Å². The van der Waals surface area contributed by atoms with E-state index in [-0.39, 0.29) is 18.0 Å². The summed E-state index contributed by atoms with van der Waals surface area (Å²) in [6.45, 7) is 8.16. The van der Waals surface area contributed by atoms with Gasteiger partial charge in [0.2, 0.25) is 5.91 Å². The number of rotatable bonds is 6. The van der Waals surface area contributed by atoms with Crippen molar-refractivity contribution in [2.45, 2.75) is 46.1 Å². The van der Waals surface area contributed by atoms with Gasteiger partial charge in [-0.05, 0) is 33.6 Å². The highest BCUT2D eigenvalue weighted by molar-refractivity contribution is 7.11. The van der Waals surface area contributed by atoms with Crippen molar-refractivity contribution in [1.29, 1.82) is 0 Å². The number of carbonyl (C=O) groups is 2.